The summed E-state index contributed by atoms with van der Waals surface area (Å²) in [5.74, 6) is 0. The number of allylic oxidation sites excluding steroid dienone is 1. The molecular formula is C15H15NO. The fourth-order valence-corrected chi connectivity index (χ4v) is 1.85. The SMILES string of the molecule is C=CCCc1cccc(=O)n1-c1ccccc1. The molecule has 17 heavy (non-hydrogen) atoms. The highest BCUT2D eigenvalue weighted by molar-refractivity contribution is 5.34. The molecule has 0 fully saturated rings. The van der Waals surface area contributed by atoms with Gasteiger partial charge in [0.2, 0.25) is 0 Å². The number of aromatic nitrogens is 1. The van der Waals surface area contributed by atoms with Gasteiger partial charge in [-0.1, -0.05) is 30.3 Å². The second-order valence-electron chi connectivity index (χ2n) is 3.85. The van der Waals surface area contributed by atoms with Crippen LogP contribution < -0.4 is 5.56 Å². The van der Waals surface area contributed by atoms with Crippen LogP contribution in [0.4, 0.5) is 0 Å². The molecule has 0 amide bonds. The third kappa shape index (κ3) is 2.53. The summed E-state index contributed by atoms with van der Waals surface area (Å²) in [6.07, 6.45) is 3.57. The first-order chi connectivity index (χ1) is 8.33. The first-order valence-electron chi connectivity index (χ1n) is 5.70. The monoisotopic (exact) mass is 225 g/mol. The lowest BCUT2D eigenvalue weighted by Crippen LogP contribution is -2.20. The Morgan fingerprint density at radius 1 is 1.06 bits per heavy atom. The molecule has 0 unspecified atom stereocenters. The van der Waals surface area contributed by atoms with E-state index in [1.54, 1.807) is 16.7 Å². The van der Waals surface area contributed by atoms with Gasteiger partial charge in [-0.25, -0.2) is 0 Å². The number of pyridine rings is 1. The van der Waals surface area contributed by atoms with E-state index < -0.39 is 0 Å². The second-order valence-corrected chi connectivity index (χ2v) is 3.85. The van der Waals surface area contributed by atoms with E-state index in [-0.39, 0.29) is 5.56 Å². The van der Waals surface area contributed by atoms with Gasteiger partial charge in [-0.2, -0.15) is 0 Å². The zero-order valence-corrected chi connectivity index (χ0v) is 9.67. The van der Waals surface area contributed by atoms with E-state index in [1.807, 2.05) is 42.5 Å². The molecule has 1 aromatic carbocycles. The summed E-state index contributed by atoms with van der Waals surface area (Å²) in [6.45, 7) is 3.71. The van der Waals surface area contributed by atoms with Gasteiger partial charge in [-0.15, -0.1) is 6.58 Å². The maximum absolute atomic E-state index is 11.9. The van der Waals surface area contributed by atoms with E-state index in [9.17, 15) is 4.79 Å². The van der Waals surface area contributed by atoms with Gasteiger partial charge < -0.3 is 0 Å². The van der Waals surface area contributed by atoms with Crippen LogP contribution in [0.5, 0.6) is 0 Å². The number of rotatable bonds is 4. The molecule has 0 aliphatic heterocycles. The Kier molecular flexibility index (Phi) is 3.55. The normalized spacial score (nSPS) is 10.1. The molecule has 0 atom stereocenters. The van der Waals surface area contributed by atoms with E-state index in [0.29, 0.717) is 0 Å². The lowest BCUT2D eigenvalue weighted by molar-refractivity contribution is 0.841. The van der Waals surface area contributed by atoms with Crippen molar-refractivity contribution in [2.45, 2.75) is 12.8 Å². The van der Waals surface area contributed by atoms with Crippen LogP contribution in [0.15, 0.2) is 66.0 Å². The van der Waals surface area contributed by atoms with Crippen LogP contribution in [0.2, 0.25) is 0 Å². The number of para-hydroxylation sites is 1. The number of hydrogen-bond acceptors (Lipinski definition) is 1. The molecule has 2 rings (SSSR count). The van der Waals surface area contributed by atoms with Crippen molar-refractivity contribution in [3.8, 4) is 5.69 Å². The van der Waals surface area contributed by atoms with Crippen molar-refractivity contribution in [2.75, 3.05) is 0 Å². The molecule has 1 heterocycles. The Bertz CT molecular complexity index is 555. The summed E-state index contributed by atoms with van der Waals surface area (Å²) in [4.78, 5) is 11.9. The summed E-state index contributed by atoms with van der Waals surface area (Å²) in [7, 11) is 0. The smallest absolute Gasteiger partial charge is 0.255 e. The van der Waals surface area contributed by atoms with Gasteiger partial charge in [0.15, 0.2) is 0 Å². The highest BCUT2D eigenvalue weighted by atomic mass is 16.1. The van der Waals surface area contributed by atoms with Crippen molar-refractivity contribution in [3.05, 3.63) is 77.2 Å². The van der Waals surface area contributed by atoms with Crippen LogP contribution >= 0.6 is 0 Å². The van der Waals surface area contributed by atoms with Gasteiger partial charge in [0.25, 0.3) is 5.56 Å². The third-order valence-corrected chi connectivity index (χ3v) is 2.65. The summed E-state index contributed by atoms with van der Waals surface area (Å²) in [5.41, 5.74) is 1.94. The van der Waals surface area contributed by atoms with Gasteiger partial charge in [0.1, 0.15) is 0 Å². The average molecular weight is 225 g/mol. The first-order valence-corrected chi connectivity index (χ1v) is 5.70. The molecule has 1 aromatic heterocycles. The third-order valence-electron chi connectivity index (χ3n) is 2.65. The fraction of sp³-hybridized carbons (Fsp3) is 0.133. The first kappa shape index (κ1) is 11.4. The van der Waals surface area contributed by atoms with Gasteiger partial charge in [-0.05, 0) is 31.0 Å². The summed E-state index contributed by atoms with van der Waals surface area (Å²) in [6, 6.07) is 15.1. The van der Waals surface area contributed by atoms with Crippen LogP contribution in [-0.2, 0) is 6.42 Å². The number of benzene rings is 1. The van der Waals surface area contributed by atoms with Crippen molar-refractivity contribution in [2.24, 2.45) is 0 Å². The number of hydrogen-bond donors (Lipinski definition) is 0. The summed E-state index contributed by atoms with van der Waals surface area (Å²) in [5, 5.41) is 0. The number of nitrogens with zero attached hydrogens (tertiary/aromatic N) is 1. The summed E-state index contributed by atoms with van der Waals surface area (Å²) < 4.78 is 1.75. The molecule has 2 heteroatoms. The molecule has 0 spiro atoms. The van der Waals surface area contributed by atoms with Gasteiger partial charge in [0, 0.05) is 17.4 Å². The maximum Gasteiger partial charge on any atom is 0.255 e. The predicted molar refractivity (Wildman–Crippen MR) is 70.6 cm³/mol. The van der Waals surface area contributed by atoms with Crippen LogP contribution in [0.3, 0.4) is 0 Å². The van der Waals surface area contributed by atoms with Gasteiger partial charge in [-0.3, -0.25) is 9.36 Å². The van der Waals surface area contributed by atoms with Crippen LogP contribution in [0.1, 0.15) is 12.1 Å². The van der Waals surface area contributed by atoms with E-state index >= 15 is 0 Å². The van der Waals surface area contributed by atoms with Crippen LogP contribution in [0, 0.1) is 0 Å². The van der Waals surface area contributed by atoms with Crippen LogP contribution in [0.25, 0.3) is 5.69 Å². The minimum Gasteiger partial charge on any atom is -0.281 e. The van der Waals surface area contributed by atoms with Crippen molar-refractivity contribution in [1.29, 1.82) is 0 Å². The Morgan fingerprint density at radius 2 is 1.82 bits per heavy atom. The Labute approximate surface area is 101 Å². The van der Waals surface area contributed by atoms with Crippen molar-refractivity contribution in [3.63, 3.8) is 0 Å². The minimum absolute atomic E-state index is 0.0118. The highest BCUT2D eigenvalue weighted by Gasteiger charge is 2.04. The lowest BCUT2D eigenvalue weighted by atomic mass is 10.2. The molecule has 2 aromatic rings. The lowest BCUT2D eigenvalue weighted by Gasteiger charge is -2.11. The molecule has 0 aliphatic rings. The molecular weight excluding hydrogens is 210 g/mol. The predicted octanol–water partition coefficient (Wildman–Crippen LogP) is 2.96. The molecule has 0 saturated heterocycles. The Balaban J connectivity index is 2.51. The topological polar surface area (TPSA) is 22.0 Å². The van der Waals surface area contributed by atoms with E-state index in [2.05, 4.69) is 6.58 Å². The van der Waals surface area contributed by atoms with E-state index in [4.69, 9.17) is 0 Å². The average Bonchev–Trinajstić information content (AvgIpc) is 2.37. The van der Waals surface area contributed by atoms with Gasteiger partial charge in [0.05, 0.1) is 0 Å². The molecule has 0 radical (unpaired) electrons. The molecule has 2 nitrogen and oxygen atoms in total. The van der Waals surface area contributed by atoms with E-state index in [0.717, 1.165) is 24.2 Å². The van der Waals surface area contributed by atoms with Crippen molar-refractivity contribution >= 4 is 0 Å². The van der Waals surface area contributed by atoms with Crippen molar-refractivity contribution in [1.82, 2.24) is 4.57 Å². The molecule has 0 bridgehead atoms. The summed E-state index contributed by atoms with van der Waals surface area (Å²) >= 11 is 0. The highest BCUT2D eigenvalue weighted by Crippen LogP contribution is 2.09. The van der Waals surface area contributed by atoms with Crippen LogP contribution in [-0.4, -0.2) is 4.57 Å². The standard InChI is InChI=1S/C15H15NO/c1-2-3-8-13-11-7-12-15(17)16(13)14-9-5-4-6-10-14/h2,4-7,9-12H,1,3,8H2. The second kappa shape index (κ2) is 5.30. The Hall–Kier alpha value is -2.09. The minimum atomic E-state index is 0.0118. The van der Waals surface area contributed by atoms with E-state index in [1.165, 1.54) is 0 Å². The number of aryl methyl sites for hydroxylation is 1. The molecule has 0 N–H and O–H groups in total. The molecule has 86 valence electrons. The molecule has 0 aliphatic carbocycles. The zero-order valence-electron chi connectivity index (χ0n) is 9.67. The zero-order chi connectivity index (χ0) is 12.1. The van der Waals surface area contributed by atoms with Gasteiger partial charge >= 0.3 is 0 Å². The largest absolute Gasteiger partial charge is 0.281 e. The Morgan fingerprint density at radius 3 is 2.53 bits per heavy atom. The van der Waals surface area contributed by atoms with Crippen molar-refractivity contribution < 1.29 is 0 Å². The molecule has 0 saturated carbocycles. The quantitative estimate of drug-likeness (QED) is 0.733. The fourth-order valence-electron chi connectivity index (χ4n) is 1.85. The maximum atomic E-state index is 11.9.